The number of halogens is 1. The van der Waals surface area contributed by atoms with Crippen molar-refractivity contribution in [3.8, 4) is 5.75 Å². The van der Waals surface area contributed by atoms with Gasteiger partial charge in [-0.15, -0.1) is 0 Å². The average Bonchev–Trinajstić information content (AvgIpc) is 2.86. The topological polar surface area (TPSA) is 58.6 Å². The molecule has 6 heteroatoms. The van der Waals surface area contributed by atoms with Gasteiger partial charge in [-0.3, -0.25) is 9.59 Å². The van der Waals surface area contributed by atoms with Crippen LogP contribution in [0, 0.1) is 18.7 Å². The van der Waals surface area contributed by atoms with Crippen LogP contribution in [0.1, 0.15) is 33.8 Å². The van der Waals surface area contributed by atoms with Crippen molar-refractivity contribution in [1.82, 2.24) is 4.90 Å². The number of anilines is 1. The van der Waals surface area contributed by atoms with Crippen molar-refractivity contribution in [3.63, 3.8) is 0 Å². The number of carbonyl (C=O) groups excluding carboxylic acids is 2. The van der Waals surface area contributed by atoms with Crippen LogP contribution in [0.3, 0.4) is 0 Å². The highest BCUT2D eigenvalue weighted by molar-refractivity contribution is 5.96. The lowest BCUT2D eigenvalue weighted by molar-refractivity contribution is -0.121. The first-order chi connectivity index (χ1) is 15.9. The maximum atomic E-state index is 13.9. The zero-order valence-electron chi connectivity index (χ0n) is 18.8. The Morgan fingerprint density at radius 3 is 2.39 bits per heavy atom. The first-order valence-corrected chi connectivity index (χ1v) is 11.0. The molecule has 0 spiro atoms. The number of piperidine rings is 1. The summed E-state index contributed by atoms with van der Waals surface area (Å²) in [7, 11) is 1.59. The molecular formula is C27H27FN2O3. The highest BCUT2D eigenvalue weighted by Gasteiger charge is 2.35. The fourth-order valence-corrected chi connectivity index (χ4v) is 4.30. The van der Waals surface area contributed by atoms with Gasteiger partial charge in [-0.05, 0) is 66.9 Å². The number of ether oxygens (including phenoxy) is 1. The Morgan fingerprint density at radius 2 is 1.73 bits per heavy atom. The zero-order chi connectivity index (χ0) is 23.4. The minimum absolute atomic E-state index is 0.0719. The molecule has 0 saturated carbocycles. The van der Waals surface area contributed by atoms with Crippen molar-refractivity contribution in [2.24, 2.45) is 5.92 Å². The van der Waals surface area contributed by atoms with Crippen LogP contribution in [0.15, 0.2) is 72.8 Å². The molecule has 3 aromatic rings. The number of hydrogen-bond donors (Lipinski definition) is 1. The third kappa shape index (κ3) is 5.22. The average molecular weight is 447 g/mol. The number of aryl methyl sites for hydroxylation is 1. The summed E-state index contributed by atoms with van der Waals surface area (Å²) in [6, 6.07) is 21.2. The molecule has 1 fully saturated rings. The third-order valence-electron chi connectivity index (χ3n) is 6.14. The van der Waals surface area contributed by atoms with E-state index in [1.165, 1.54) is 6.07 Å². The first-order valence-electron chi connectivity index (χ1n) is 11.0. The monoisotopic (exact) mass is 446 g/mol. The van der Waals surface area contributed by atoms with Gasteiger partial charge in [-0.25, -0.2) is 4.39 Å². The molecule has 3 aromatic carbocycles. The lowest BCUT2D eigenvalue weighted by Crippen LogP contribution is -2.46. The molecule has 2 unspecified atom stereocenters. The van der Waals surface area contributed by atoms with Gasteiger partial charge in [0.25, 0.3) is 5.91 Å². The van der Waals surface area contributed by atoms with Gasteiger partial charge in [0.1, 0.15) is 11.6 Å². The van der Waals surface area contributed by atoms with Gasteiger partial charge in [-0.1, -0.05) is 30.3 Å². The third-order valence-corrected chi connectivity index (χ3v) is 6.14. The van der Waals surface area contributed by atoms with Crippen molar-refractivity contribution in [1.29, 1.82) is 0 Å². The highest BCUT2D eigenvalue weighted by atomic mass is 19.1. The molecule has 1 aliphatic heterocycles. The molecule has 0 aliphatic carbocycles. The standard InChI is InChI=1S/C27H27FN2O3/c1-18-14-20(8-13-25(18)28)21-15-22(26(31)29-23-9-11-24(33-2)12-10-23)17-30(16-21)27(32)19-6-4-3-5-7-19/h3-14,21-22H,15-17H2,1-2H3,(H,29,31). The first kappa shape index (κ1) is 22.5. The van der Waals surface area contributed by atoms with Crippen LogP contribution in [-0.2, 0) is 4.79 Å². The maximum Gasteiger partial charge on any atom is 0.253 e. The van der Waals surface area contributed by atoms with Crippen LogP contribution in [0.2, 0.25) is 0 Å². The van der Waals surface area contributed by atoms with Crippen molar-refractivity contribution in [3.05, 3.63) is 95.3 Å². The number of methoxy groups -OCH3 is 1. The van der Waals surface area contributed by atoms with Gasteiger partial charge in [0.05, 0.1) is 13.0 Å². The largest absolute Gasteiger partial charge is 0.497 e. The van der Waals surface area contributed by atoms with Gasteiger partial charge in [0.2, 0.25) is 5.91 Å². The molecule has 2 atom stereocenters. The molecular weight excluding hydrogens is 419 g/mol. The van der Waals surface area contributed by atoms with Crippen LogP contribution >= 0.6 is 0 Å². The number of carbonyl (C=O) groups is 2. The van der Waals surface area contributed by atoms with E-state index < -0.39 is 5.92 Å². The zero-order valence-corrected chi connectivity index (χ0v) is 18.8. The van der Waals surface area contributed by atoms with Gasteiger partial charge >= 0.3 is 0 Å². The smallest absolute Gasteiger partial charge is 0.253 e. The minimum Gasteiger partial charge on any atom is -0.497 e. The fourth-order valence-electron chi connectivity index (χ4n) is 4.30. The highest BCUT2D eigenvalue weighted by Crippen LogP contribution is 2.33. The molecule has 1 saturated heterocycles. The molecule has 2 amide bonds. The van der Waals surface area contributed by atoms with Gasteiger partial charge in [-0.2, -0.15) is 0 Å². The molecule has 170 valence electrons. The number of benzene rings is 3. The summed E-state index contributed by atoms with van der Waals surface area (Å²) in [6.45, 7) is 2.53. The quantitative estimate of drug-likeness (QED) is 0.598. The number of hydrogen-bond acceptors (Lipinski definition) is 3. The van der Waals surface area contributed by atoms with Gasteiger partial charge < -0.3 is 15.0 Å². The molecule has 1 heterocycles. The second-order valence-corrected chi connectivity index (χ2v) is 8.43. The normalized spacial score (nSPS) is 18.0. The Balaban J connectivity index is 1.58. The van der Waals surface area contributed by atoms with Crippen molar-refractivity contribution in [2.45, 2.75) is 19.3 Å². The van der Waals surface area contributed by atoms with E-state index >= 15 is 0 Å². The summed E-state index contributed by atoms with van der Waals surface area (Å²) in [5.74, 6) is -0.283. The summed E-state index contributed by atoms with van der Waals surface area (Å²) in [5, 5.41) is 2.96. The Morgan fingerprint density at radius 1 is 1.00 bits per heavy atom. The Kier molecular flexibility index (Phi) is 6.73. The minimum atomic E-state index is -0.399. The van der Waals surface area contributed by atoms with Crippen LogP contribution < -0.4 is 10.1 Å². The number of amides is 2. The Labute approximate surface area is 193 Å². The molecule has 4 rings (SSSR count). The second-order valence-electron chi connectivity index (χ2n) is 8.43. The molecule has 1 N–H and O–H groups in total. The summed E-state index contributed by atoms with van der Waals surface area (Å²) < 4.78 is 19.0. The number of rotatable bonds is 5. The van der Waals surface area contributed by atoms with Crippen molar-refractivity contribution in [2.75, 3.05) is 25.5 Å². The van der Waals surface area contributed by atoms with E-state index in [1.54, 1.807) is 61.4 Å². The van der Waals surface area contributed by atoms with Gasteiger partial charge in [0.15, 0.2) is 0 Å². The van der Waals surface area contributed by atoms with E-state index in [1.807, 2.05) is 24.3 Å². The number of nitrogens with zero attached hydrogens (tertiary/aromatic N) is 1. The lowest BCUT2D eigenvalue weighted by Gasteiger charge is -2.37. The molecule has 5 nitrogen and oxygen atoms in total. The fraction of sp³-hybridized carbons (Fsp3) is 0.259. The molecule has 0 bridgehead atoms. The summed E-state index contributed by atoms with van der Waals surface area (Å²) in [6.07, 6.45) is 0.575. The predicted molar refractivity (Wildman–Crippen MR) is 126 cm³/mol. The maximum absolute atomic E-state index is 13.9. The molecule has 1 aliphatic rings. The molecule has 0 aromatic heterocycles. The van der Waals surface area contributed by atoms with E-state index in [0.29, 0.717) is 42.1 Å². The van der Waals surface area contributed by atoms with E-state index in [9.17, 15) is 14.0 Å². The Bertz CT molecular complexity index is 1130. The van der Waals surface area contributed by atoms with Crippen LogP contribution in [0.5, 0.6) is 5.75 Å². The predicted octanol–water partition coefficient (Wildman–Crippen LogP) is 5.03. The van der Waals surface area contributed by atoms with E-state index in [2.05, 4.69) is 5.32 Å². The SMILES string of the molecule is COc1ccc(NC(=O)C2CC(c3ccc(F)c(C)c3)CN(C(=O)c3ccccc3)C2)cc1. The molecule has 33 heavy (non-hydrogen) atoms. The van der Waals surface area contributed by atoms with Crippen LogP contribution in [-0.4, -0.2) is 36.9 Å². The summed E-state index contributed by atoms with van der Waals surface area (Å²) >= 11 is 0. The number of likely N-dealkylation sites (tertiary alicyclic amines) is 1. The number of nitrogens with one attached hydrogen (secondary N) is 1. The van der Waals surface area contributed by atoms with E-state index in [4.69, 9.17) is 4.74 Å². The van der Waals surface area contributed by atoms with Gasteiger partial charge in [0, 0.05) is 30.3 Å². The van der Waals surface area contributed by atoms with Crippen LogP contribution in [0.4, 0.5) is 10.1 Å². The van der Waals surface area contributed by atoms with Crippen molar-refractivity contribution < 1.29 is 18.7 Å². The Hall–Kier alpha value is -3.67. The van der Waals surface area contributed by atoms with Crippen molar-refractivity contribution >= 4 is 17.5 Å². The van der Waals surface area contributed by atoms with Crippen LogP contribution in [0.25, 0.3) is 0 Å². The molecule has 0 radical (unpaired) electrons. The summed E-state index contributed by atoms with van der Waals surface area (Å²) in [4.78, 5) is 28.1. The second kappa shape index (κ2) is 9.86. The van der Waals surface area contributed by atoms with E-state index in [-0.39, 0.29) is 23.5 Å². The lowest BCUT2D eigenvalue weighted by atomic mass is 9.83. The summed E-state index contributed by atoms with van der Waals surface area (Å²) in [5.41, 5.74) is 2.74. The van der Waals surface area contributed by atoms with E-state index in [0.717, 1.165) is 5.56 Å².